The number of benzene rings is 1. The Labute approximate surface area is 157 Å². The molecule has 148 valence electrons. The maximum absolute atomic E-state index is 12.4. The first kappa shape index (κ1) is 19.7. The number of nitrogens with zero attached hydrogens (tertiary/aromatic N) is 4. The van der Waals surface area contributed by atoms with E-state index >= 15 is 0 Å². The summed E-state index contributed by atoms with van der Waals surface area (Å²) in [4.78, 5) is 1.04. The van der Waals surface area contributed by atoms with Crippen LogP contribution in [0.15, 0.2) is 21.9 Å². The number of primary sulfonamides is 1. The van der Waals surface area contributed by atoms with Gasteiger partial charge in [-0.05, 0) is 47.9 Å². The van der Waals surface area contributed by atoms with Crippen LogP contribution in [0, 0.1) is 5.92 Å². The smallest absolute Gasteiger partial charge is 0.240 e. The van der Waals surface area contributed by atoms with Crippen molar-refractivity contribution in [2.45, 2.75) is 22.6 Å². The molecule has 0 spiro atoms. The fourth-order valence-electron chi connectivity index (χ4n) is 3.36. The molecule has 27 heavy (non-hydrogen) atoms. The summed E-state index contributed by atoms with van der Waals surface area (Å²) in [7, 11) is -8.27. The lowest BCUT2D eigenvalue weighted by molar-refractivity contribution is 0.423. The van der Waals surface area contributed by atoms with E-state index in [1.807, 2.05) is 4.90 Å². The fraction of sp³-hybridized carbons (Fsp3) is 0.500. The van der Waals surface area contributed by atoms with Gasteiger partial charge in [0.25, 0.3) is 0 Å². The van der Waals surface area contributed by atoms with E-state index in [1.165, 1.54) is 6.07 Å². The number of hydrogen-bond donors (Lipinski definition) is 3. The summed E-state index contributed by atoms with van der Waals surface area (Å²) in [6.07, 6.45) is 2.76. The summed E-state index contributed by atoms with van der Waals surface area (Å²) in [6.45, 7) is 1.76. The molecule has 0 radical (unpaired) electrons. The van der Waals surface area contributed by atoms with Crippen molar-refractivity contribution in [1.29, 1.82) is 0 Å². The van der Waals surface area contributed by atoms with Crippen LogP contribution in [-0.4, -0.2) is 63.3 Å². The number of piperidine rings is 1. The van der Waals surface area contributed by atoms with Crippen molar-refractivity contribution in [3.05, 3.63) is 12.1 Å². The van der Waals surface area contributed by atoms with Gasteiger partial charge in [0.1, 0.15) is 4.90 Å². The van der Waals surface area contributed by atoms with Crippen molar-refractivity contribution in [3.8, 4) is 11.4 Å². The Morgan fingerprint density at radius 2 is 2.04 bits per heavy atom. The number of sulfone groups is 1. The maximum atomic E-state index is 12.4. The average molecular weight is 416 g/mol. The summed E-state index contributed by atoms with van der Waals surface area (Å²) in [5.41, 5.74) is 6.33. The molecule has 1 aliphatic rings. The van der Waals surface area contributed by atoms with Crippen LogP contribution < -0.4 is 15.8 Å². The minimum Gasteiger partial charge on any atom is -0.371 e. The molecule has 0 amide bonds. The molecular formula is C14H21N7O4S2. The Balaban J connectivity index is 2.33. The first-order chi connectivity index (χ1) is 12.6. The van der Waals surface area contributed by atoms with Crippen molar-refractivity contribution in [3.63, 3.8) is 0 Å². The molecule has 2 aromatic rings. The Bertz CT molecular complexity index is 1040. The number of sulfonamides is 1. The number of H-pyrrole nitrogens is 1. The van der Waals surface area contributed by atoms with E-state index in [-0.39, 0.29) is 17.3 Å². The molecule has 1 aromatic heterocycles. The number of tetrazole rings is 1. The highest BCUT2D eigenvalue weighted by Crippen LogP contribution is 2.39. The third kappa shape index (κ3) is 3.95. The minimum atomic E-state index is -4.40. The predicted molar refractivity (Wildman–Crippen MR) is 98.1 cm³/mol. The van der Waals surface area contributed by atoms with Crippen LogP contribution in [0.25, 0.3) is 11.4 Å². The van der Waals surface area contributed by atoms with Crippen molar-refractivity contribution in [2.24, 2.45) is 16.8 Å². The summed E-state index contributed by atoms with van der Waals surface area (Å²) < 4.78 is 49.1. The molecule has 2 heterocycles. The number of anilines is 1. The fourth-order valence-corrected chi connectivity index (χ4v) is 5.75. The molecule has 1 fully saturated rings. The topological polar surface area (TPSA) is 178 Å². The third-order valence-corrected chi connectivity index (χ3v) is 6.82. The number of hydrogen-bond acceptors (Lipinski definition) is 9. The minimum absolute atomic E-state index is 0.0226. The van der Waals surface area contributed by atoms with E-state index in [2.05, 4.69) is 20.6 Å². The van der Waals surface area contributed by atoms with Gasteiger partial charge in [0.05, 0.1) is 10.5 Å². The van der Waals surface area contributed by atoms with E-state index in [9.17, 15) is 16.8 Å². The molecule has 1 atom stereocenters. The monoisotopic (exact) mass is 415 g/mol. The second-order valence-electron chi connectivity index (χ2n) is 6.54. The van der Waals surface area contributed by atoms with Crippen LogP contribution in [0.3, 0.4) is 0 Å². The van der Waals surface area contributed by atoms with Gasteiger partial charge in [0.15, 0.2) is 15.7 Å². The maximum Gasteiger partial charge on any atom is 0.240 e. The summed E-state index contributed by atoms with van der Waals surface area (Å²) in [5.74, 6) is 0.265. The largest absolute Gasteiger partial charge is 0.371 e. The Morgan fingerprint density at radius 1 is 1.30 bits per heavy atom. The zero-order valence-electron chi connectivity index (χ0n) is 14.7. The molecule has 1 aromatic carbocycles. The molecule has 13 heteroatoms. The van der Waals surface area contributed by atoms with Crippen molar-refractivity contribution >= 4 is 25.5 Å². The Kier molecular flexibility index (Phi) is 5.20. The van der Waals surface area contributed by atoms with E-state index < -0.39 is 29.7 Å². The van der Waals surface area contributed by atoms with Gasteiger partial charge < -0.3 is 10.6 Å². The van der Waals surface area contributed by atoms with Crippen LogP contribution >= 0.6 is 0 Å². The molecule has 0 bridgehead atoms. The summed E-state index contributed by atoms with van der Waals surface area (Å²) in [6, 6.07) is 2.81. The molecule has 5 N–H and O–H groups in total. The summed E-state index contributed by atoms with van der Waals surface area (Å²) in [5, 5.41) is 18.7. The average Bonchev–Trinajstić information content (AvgIpc) is 3.13. The molecule has 11 nitrogen and oxygen atoms in total. The lowest BCUT2D eigenvalue weighted by atomic mass is 9.97. The number of aromatic amines is 1. The molecule has 3 rings (SSSR count). The Morgan fingerprint density at radius 3 is 2.59 bits per heavy atom. The van der Waals surface area contributed by atoms with Crippen LogP contribution in [0.2, 0.25) is 0 Å². The summed E-state index contributed by atoms with van der Waals surface area (Å²) >= 11 is 0. The number of nitrogens with two attached hydrogens (primary N) is 2. The van der Waals surface area contributed by atoms with Crippen molar-refractivity contribution < 1.29 is 16.8 Å². The predicted octanol–water partition coefficient (Wildman–Crippen LogP) is -0.907. The normalized spacial score (nSPS) is 18.6. The van der Waals surface area contributed by atoms with Gasteiger partial charge in [-0.1, -0.05) is 0 Å². The first-order valence-corrected chi connectivity index (χ1v) is 11.7. The highest BCUT2D eigenvalue weighted by Gasteiger charge is 2.32. The van der Waals surface area contributed by atoms with Gasteiger partial charge in [-0.25, -0.2) is 27.1 Å². The number of aromatic nitrogens is 4. The van der Waals surface area contributed by atoms with Crippen LogP contribution in [0.4, 0.5) is 5.69 Å². The second-order valence-corrected chi connectivity index (χ2v) is 10.0. The molecule has 1 saturated heterocycles. The molecule has 1 aliphatic heterocycles. The number of nitrogens with one attached hydrogen (secondary N) is 1. The van der Waals surface area contributed by atoms with E-state index in [0.29, 0.717) is 25.3 Å². The molecule has 0 saturated carbocycles. The highest BCUT2D eigenvalue weighted by molar-refractivity contribution is 7.93. The van der Waals surface area contributed by atoms with Gasteiger partial charge in [-0.2, -0.15) is 0 Å². The van der Waals surface area contributed by atoms with Crippen LogP contribution in [-0.2, 0) is 19.9 Å². The molecular weight excluding hydrogens is 394 g/mol. The van der Waals surface area contributed by atoms with Crippen molar-refractivity contribution in [1.82, 2.24) is 20.6 Å². The van der Waals surface area contributed by atoms with Gasteiger partial charge in [0.2, 0.25) is 10.0 Å². The Hall–Kier alpha value is -2.09. The third-order valence-electron chi connectivity index (χ3n) is 4.56. The lowest BCUT2D eigenvalue weighted by Crippen LogP contribution is -2.39. The standard InChI is InChI=1S/C14H21N7O4S2/c1-26(22,23)11-5-4-10(21-6-2-3-9(7-15)8-21)12(13(11)27(16,24)25)14-17-19-20-18-14/h4-5,9H,2-3,6-8,15H2,1H3,(H2,16,24,25)(H,17,18,19,20)/t9-/m0/s1. The van der Waals surface area contributed by atoms with Gasteiger partial charge in [0, 0.05) is 25.0 Å². The molecule has 0 aliphatic carbocycles. The van der Waals surface area contributed by atoms with Crippen LogP contribution in [0.1, 0.15) is 12.8 Å². The van der Waals surface area contributed by atoms with Crippen molar-refractivity contribution in [2.75, 3.05) is 30.8 Å². The lowest BCUT2D eigenvalue weighted by Gasteiger charge is -2.35. The zero-order chi connectivity index (χ0) is 19.8. The quantitative estimate of drug-likeness (QED) is 0.557. The number of rotatable bonds is 5. The van der Waals surface area contributed by atoms with E-state index in [0.717, 1.165) is 19.1 Å². The highest BCUT2D eigenvalue weighted by atomic mass is 32.2. The van der Waals surface area contributed by atoms with Crippen LogP contribution in [0.5, 0.6) is 0 Å². The SMILES string of the molecule is CS(=O)(=O)c1ccc(N2CCC[C@@H](CN)C2)c(-c2nnn[nH]2)c1S(N)(=O)=O. The molecule has 0 unspecified atom stereocenters. The van der Waals surface area contributed by atoms with E-state index in [1.54, 1.807) is 6.07 Å². The first-order valence-electron chi connectivity index (χ1n) is 8.22. The van der Waals surface area contributed by atoms with Gasteiger partial charge >= 0.3 is 0 Å². The van der Waals surface area contributed by atoms with Gasteiger partial charge in [-0.15, -0.1) is 5.10 Å². The van der Waals surface area contributed by atoms with E-state index in [4.69, 9.17) is 10.9 Å². The van der Waals surface area contributed by atoms with Gasteiger partial charge in [-0.3, -0.25) is 0 Å². The second kappa shape index (κ2) is 7.14. The zero-order valence-corrected chi connectivity index (χ0v) is 16.3.